The molecule has 3 aromatic rings. The molecule has 0 aliphatic carbocycles. The van der Waals surface area contributed by atoms with Crippen molar-refractivity contribution >= 4 is 17.3 Å². The number of amides is 1. The smallest absolute Gasteiger partial charge is 0.264 e. The normalized spacial score (nSPS) is 15.8. The van der Waals surface area contributed by atoms with Crippen molar-refractivity contribution in [3.05, 3.63) is 65.0 Å². The number of aryl methyl sites for hydroxylation is 3. The van der Waals surface area contributed by atoms with Crippen molar-refractivity contribution in [3.63, 3.8) is 0 Å². The molecule has 0 radical (unpaired) electrons. The van der Waals surface area contributed by atoms with Crippen LogP contribution >= 0.6 is 0 Å². The van der Waals surface area contributed by atoms with E-state index in [0.29, 0.717) is 24.1 Å². The van der Waals surface area contributed by atoms with Gasteiger partial charge in [-0.1, -0.05) is 13.0 Å². The van der Waals surface area contributed by atoms with Gasteiger partial charge in [-0.15, -0.1) is 0 Å². The van der Waals surface area contributed by atoms with Crippen LogP contribution in [0.4, 0.5) is 20.2 Å². The molecule has 0 N–H and O–H groups in total. The number of alkyl halides is 2. The van der Waals surface area contributed by atoms with E-state index >= 15 is 0 Å². The SMILES string of the molecule is CCC(=O)N1CCCc2ccc(N3CCCc4cc(-c5cnn(C)c5)c(C(F)F)cc43)cc2C1. The molecule has 0 atom stereocenters. The van der Waals surface area contributed by atoms with Gasteiger partial charge >= 0.3 is 0 Å². The minimum atomic E-state index is -2.58. The van der Waals surface area contributed by atoms with E-state index in [9.17, 15) is 13.6 Å². The fourth-order valence-corrected chi connectivity index (χ4v) is 5.26. The first-order valence-electron chi connectivity index (χ1n) is 12.1. The first-order chi connectivity index (χ1) is 16.4. The van der Waals surface area contributed by atoms with Gasteiger partial charge in [0.2, 0.25) is 5.91 Å². The number of rotatable bonds is 4. The highest BCUT2D eigenvalue weighted by Crippen LogP contribution is 2.41. The lowest BCUT2D eigenvalue weighted by molar-refractivity contribution is -0.131. The minimum Gasteiger partial charge on any atom is -0.341 e. The molecule has 2 aliphatic rings. The number of hydrogen-bond donors (Lipinski definition) is 0. The van der Waals surface area contributed by atoms with E-state index in [1.165, 1.54) is 5.56 Å². The standard InChI is InChI=1S/C27H30F2N4O/c1-3-26(34)32-10-4-6-18-8-9-22(12-20(18)17-32)33-11-5-7-19-13-23(21-15-30-31(2)16-21)24(27(28)29)14-25(19)33/h8-9,12-16,27H,3-7,10-11,17H2,1-2H3. The molecule has 2 aromatic carbocycles. The molecule has 5 nitrogen and oxygen atoms in total. The quantitative estimate of drug-likeness (QED) is 0.491. The summed E-state index contributed by atoms with van der Waals surface area (Å²) >= 11 is 0. The Balaban J connectivity index is 1.54. The average Bonchev–Trinajstić information content (AvgIpc) is 3.16. The highest BCUT2D eigenvalue weighted by molar-refractivity contribution is 5.78. The van der Waals surface area contributed by atoms with Gasteiger partial charge in [-0.3, -0.25) is 9.48 Å². The lowest BCUT2D eigenvalue weighted by Crippen LogP contribution is -2.30. The van der Waals surface area contributed by atoms with E-state index < -0.39 is 6.43 Å². The molecule has 5 rings (SSSR count). The second-order valence-corrected chi connectivity index (χ2v) is 9.25. The van der Waals surface area contributed by atoms with E-state index in [1.807, 2.05) is 17.9 Å². The van der Waals surface area contributed by atoms with Gasteiger partial charge in [0.1, 0.15) is 0 Å². The van der Waals surface area contributed by atoms with Crippen LogP contribution in [-0.4, -0.2) is 33.7 Å². The molecule has 0 bridgehead atoms. The maximum Gasteiger partial charge on any atom is 0.264 e. The van der Waals surface area contributed by atoms with Crippen LogP contribution in [0.1, 0.15) is 54.9 Å². The van der Waals surface area contributed by atoms with Crippen LogP contribution < -0.4 is 4.90 Å². The van der Waals surface area contributed by atoms with Gasteiger partial charge in [0.05, 0.1) is 6.20 Å². The first kappa shape index (κ1) is 22.6. The Bertz CT molecular complexity index is 1220. The summed E-state index contributed by atoms with van der Waals surface area (Å²) < 4.78 is 30.0. The Morgan fingerprint density at radius 1 is 1.06 bits per heavy atom. The Hall–Kier alpha value is -3.22. The summed E-state index contributed by atoms with van der Waals surface area (Å²) in [7, 11) is 1.79. The van der Waals surface area contributed by atoms with Crippen LogP contribution in [0.15, 0.2) is 42.7 Å². The summed E-state index contributed by atoms with van der Waals surface area (Å²) in [6.07, 6.45) is 5.06. The number of benzene rings is 2. The van der Waals surface area contributed by atoms with Crippen LogP contribution in [0.5, 0.6) is 0 Å². The molecule has 178 valence electrons. The van der Waals surface area contributed by atoms with Gasteiger partial charge in [-0.05, 0) is 72.2 Å². The van der Waals surface area contributed by atoms with E-state index in [2.05, 4.69) is 28.2 Å². The average molecular weight is 465 g/mol. The number of nitrogens with zero attached hydrogens (tertiary/aromatic N) is 4. The molecule has 0 fully saturated rings. The summed E-state index contributed by atoms with van der Waals surface area (Å²) in [5.74, 6) is 0.172. The summed E-state index contributed by atoms with van der Waals surface area (Å²) in [6.45, 7) is 4.06. The number of aromatic nitrogens is 2. The zero-order chi connectivity index (χ0) is 23.8. The van der Waals surface area contributed by atoms with Crippen molar-refractivity contribution in [2.24, 2.45) is 7.05 Å². The van der Waals surface area contributed by atoms with Crippen LogP contribution in [-0.2, 0) is 31.2 Å². The van der Waals surface area contributed by atoms with E-state index in [4.69, 9.17) is 0 Å². The molecule has 7 heteroatoms. The predicted octanol–water partition coefficient (Wildman–Crippen LogP) is 5.79. The van der Waals surface area contributed by atoms with Crippen molar-refractivity contribution < 1.29 is 13.6 Å². The second-order valence-electron chi connectivity index (χ2n) is 9.25. The summed E-state index contributed by atoms with van der Waals surface area (Å²) in [5, 5.41) is 4.17. The number of anilines is 2. The molecule has 1 amide bonds. The van der Waals surface area contributed by atoms with E-state index in [0.717, 1.165) is 61.3 Å². The monoisotopic (exact) mass is 464 g/mol. The van der Waals surface area contributed by atoms with Gasteiger partial charge in [-0.25, -0.2) is 8.78 Å². The zero-order valence-corrected chi connectivity index (χ0v) is 19.7. The summed E-state index contributed by atoms with van der Waals surface area (Å²) in [4.78, 5) is 16.5. The molecule has 0 unspecified atom stereocenters. The fraction of sp³-hybridized carbons (Fsp3) is 0.407. The highest BCUT2D eigenvalue weighted by Gasteiger charge is 2.26. The summed E-state index contributed by atoms with van der Waals surface area (Å²) in [5.41, 5.74) is 6.66. The predicted molar refractivity (Wildman–Crippen MR) is 129 cm³/mol. The Kier molecular flexibility index (Phi) is 6.11. The molecule has 1 aromatic heterocycles. The van der Waals surface area contributed by atoms with Crippen molar-refractivity contribution in [1.29, 1.82) is 0 Å². The van der Waals surface area contributed by atoms with Crippen molar-refractivity contribution in [3.8, 4) is 11.1 Å². The number of halogens is 2. The maximum atomic E-state index is 14.2. The zero-order valence-electron chi connectivity index (χ0n) is 19.7. The van der Waals surface area contributed by atoms with Gasteiger partial charge in [-0.2, -0.15) is 5.10 Å². The second kappa shape index (κ2) is 9.20. The number of carbonyl (C=O) groups excluding carboxylic acids is 1. The molecule has 0 spiro atoms. The van der Waals surface area contributed by atoms with Gasteiger partial charge in [0.15, 0.2) is 0 Å². The van der Waals surface area contributed by atoms with Gasteiger partial charge in [0.25, 0.3) is 6.43 Å². The van der Waals surface area contributed by atoms with Gasteiger partial charge < -0.3 is 9.80 Å². The van der Waals surface area contributed by atoms with Crippen LogP contribution in [0, 0.1) is 0 Å². The highest BCUT2D eigenvalue weighted by atomic mass is 19.3. The Morgan fingerprint density at radius 3 is 2.59 bits per heavy atom. The van der Waals surface area contributed by atoms with Crippen LogP contribution in [0.3, 0.4) is 0 Å². The topological polar surface area (TPSA) is 41.4 Å². The molecule has 0 saturated carbocycles. The van der Waals surface area contributed by atoms with Crippen molar-refractivity contribution in [1.82, 2.24) is 14.7 Å². The van der Waals surface area contributed by atoms with Crippen molar-refractivity contribution in [2.45, 2.75) is 52.0 Å². The lowest BCUT2D eigenvalue weighted by Gasteiger charge is -2.33. The molecule has 2 aliphatic heterocycles. The Morgan fingerprint density at radius 2 is 1.85 bits per heavy atom. The first-order valence-corrected chi connectivity index (χ1v) is 12.1. The molecule has 3 heterocycles. The third kappa shape index (κ3) is 4.19. The number of carbonyl (C=O) groups is 1. The van der Waals surface area contributed by atoms with Crippen LogP contribution in [0.2, 0.25) is 0 Å². The number of fused-ring (bicyclic) bond motifs is 2. The minimum absolute atomic E-state index is 0.0353. The fourth-order valence-electron chi connectivity index (χ4n) is 5.26. The largest absolute Gasteiger partial charge is 0.341 e. The van der Waals surface area contributed by atoms with E-state index in [-0.39, 0.29) is 11.5 Å². The third-order valence-electron chi connectivity index (χ3n) is 7.01. The molecular weight excluding hydrogens is 434 g/mol. The Labute approximate surface area is 199 Å². The molecule has 34 heavy (non-hydrogen) atoms. The van der Waals surface area contributed by atoms with E-state index in [1.54, 1.807) is 30.2 Å². The number of hydrogen-bond acceptors (Lipinski definition) is 3. The third-order valence-corrected chi connectivity index (χ3v) is 7.01. The van der Waals surface area contributed by atoms with Gasteiger partial charge in [0, 0.05) is 61.8 Å². The molecular formula is C27H30F2N4O. The lowest BCUT2D eigenvalue weighted by atomic mass is 9.92. The summed E-state index contributed by atoms with van der Waals surface area (Å²) in [6, 6.07) is 9.99. The van der Waals surface area contributed by atoms with Crippen molar-refractivity contribution in [2.75, 3.05) is 18.0 Å². The maximum absolute atomic E-state index is 14.2. The molecule has 0 saturated heterocycles. The van der Waals surface area contributed by atoms with Crippen LogP contribution in [0.25, 0.3) is 11.1 Å².